The summed E-state index contributed by atoms with van der Waals surface area (Å²) in [6.07, 6.45) is 1.23. The Morgan fingerprint density at radius 2 is 2.00 bits per heavy atom. The van der Waals surface area contributed by atoms with E-state index in [2.05, 4.69) is 51.2 Å². The molecule has 100 valence electrons. The van der Waals surface area contributed by atoms with Crippen LogP contribution in [0.4, 0.5) is 0 Å². The minimum Gasteiger partial charge on any atom is -0.496 e. The molecule has 1 N–H and O–H groups in total. The molecule has 1 heterocycles. The molecule has 0 spiro atoms. The highest BCUT2D eigenvalue weighted by Gasteiger charge is 2.25. The number of hydrogen-bond donors (Lipinski definition) is 1. The van der Waals surface area contributed by atoms with E-state index in [1.165, 1.54) is 17.5 Å². The molecular weight excluding hydrogens is 222 g/mol. The van der Waals surface area contributed by atoms with Crippen LogP contribution in [0.25, 0.3) is 0 Å². The van der Waals surface area contributed by atoms with Gasteiger partial charge in [0.05, 0.1) is 7.11 Å². The summed E-state index contributed by atoms with van der Waals surface area (Å²) in [5, 5.41) is 3.60. The Hall–Kier alpha value is -1.02. The van der Waals surface area contributed by atoms with Gasteiger partial charge in [0.2, 0.25) is 0 Å². The van der Waals surface area contributed by atoms with Crippen LogP contribution in [-0.2, 0) is 5.41 Å². The van der Waals surface area contributed by atoms with Crippen molar-refractivity contribution >= 4 is 0 Å². The van der Waals surface area contributed by atoms with Crippen molar-refractivity contribution in [2.45, 2.75) is 45.6 Å². The Balaban J connectivity index is 2.34. The smallest absolute Gasteiger partial charge is 0.122 e. The van der Waals surface area contributed by atoms with Crippen molar-refractivity contribution in [3.63, 3.8) is 0 Å². The minimum atomic E-state index is 0.117. The zero-order valence-corrected chi connectivity index (χ0v) is 12.2. The average Bonchev–Trinajstić information content (AvgIpc) is 2.74. The molecule has 0 aliphatic carbocycles. The van der Waals surface area contributed by atoms with Gasteiger partial charge in [0.1, 0.15) is 5.75 Å². The fraction of sp³-hybridized carbons (Fsp3) is 0.625. The first-order valence-electron chi connectivity index (χ1n) is 6.83. The lowest BCUT2D eigenvalue weighted by atomic mass is 9.84. The number of ether oxygens (including phenoxy) is 1. The highest BCUT2D eigenvalue weighted by atomic mass is 16.5. The summed E-state index contributed by atoms with van der Waals surface area (Å²) >= 11 is 0. The maximum Gasteiger partial charge on any atom is 0.122 e. The second kappa shape index (κ2) is 4.93. The Morgan fingerprint density at radius 3 is 2.50 bits per heavy atom. The molecule has 0 amide bonds. The van der Waals surface area contributed by atoms with E-state index in [1.807, 2.05) is 0 Å². The monoisotopic (exact) mass is 247 g/mol. The highest BCUT2D eigenvalue weighted by molar-refractivity contribution is 5.42. The van der Waals surface area contributed by atoms with Gasteiger partial charge >= 0.3 is 0 Å². The molecule has 1 aliphatic heterocycles. The largest absolute Gasteiger partial charge is 0.496 e. The summed E-state index contributed by atoms with van der Waals surface area (Å²) in [4.78, 5) is 0. The summed E-state index contributed by atoms with van der Waals surface area (Å²) in [6, 6.07) is 7.13. The third-order valence-corrected chi connectivity index (χ3v) is 3.78. The van der Waals surface area contributed by atoms with Crippen molar-refractivity contribution in [3.8, 4) is 5.75 Å². The van der Waals surface area contributed by atoms with Crippen LogP contribution < -0.4 is 10.1 Å². The lowest BCUT2D eigenvalue weighted by molar-refractivity contribution is 0.397. The molecule has 0 bridgehead atoms. The Bertz CT molecular complexity index is 420. The van der Waals surface area contributed by atoms with Crippen molar-refractivity contribution in [2.24, 2.45) is 5.92 Å². The van der Waals surface area contributed by atoms with Crippen LogP contribution in [0.5, 0.6) is 5.75 Å². The van der Waals surface area contributed by atoms with Gasteiger partial charge in [-0.15, -0.1) is 0 Å². The van der Waals surface area contributed by atoms with E-state index in [0.717, 1.165) is 18.2 Å². The van der Waals surface area contributed by atoms with E-state index >= 15 is 0 Å². The van der Waals surface area contributed by atoms with Gasteiger partial charge in [-0.2, -0.15) is 0 Å². The van der Waals surface area contributed by atoms with E-state index in [1.54, 1.807) is 7.11 Å². The molecule has 2 heteroatoms. The van der Waals surface area contributed by atoms with Gasteiger partial charge in [-0.3, -0.25) is 0 Å². The fourth-order valence-electron chi connectivity index (χ4n) is 2.69. The van der Waals surface area contributed by atoms with E-state index in [0.29, 0.717) is 6.04 Å². The van der Waals surface area contributed by atoms with Gasteiger partial charge in [-0.1, -0.05) is 39.8 Å². The van der Waals surface area contributed by atoms with E-state index in [4.69, 9.17) is 4.74 Å². The summed E-state index contributed by atoms with van der Waals surface area (Å²) in [6.45, 7) is 10.1. The van der Waals surface area contributed by atoms with Gasteiger partial charge in [0.15, 0.2) is 0 Å². The second-order valence-electron chi connectivity index (χ2n) is 6.51. The molecule has 2 atom stereocenters. The van der Waals surface area contributed by atoms with Crippen LogP contribution in [0.15, 0.2) is 18.2 Å². The molecule has 0 radical (unpaired) electrons. The zero-order chi connectivity index (χ0) is 13.3. The minimum absolute atomic E-state index is 0.117. The van der Waals surface area contributed by atoms with Crippen molar-refractivity contribution in [1.82, 2.24) is 5.32 Å². The second-order valence-corrected chi connectivity index (χ2v) is 6.51. The molecule has 1 saturated heterocycles. The van der Waals surface area contributed by atoms with E-state index in [-0.39, 0.29) is 5.41 Å². The number of hydrogen-bond acceptors (Lipinski definition) is 2. The van der Waals surface area contributed by atoms with Crippen LogP contribution in [0.2, 0.25) is 0 Å². The first-order chi connectivity index (χ1) is 8.41. The van der Waals surface area contributed by atoms with Crippen LogP contribution in [-0.4, -0.2) is 13.7 Å². The van der Waals surface area contributed by atoms with Gasteiger partial charge in [-0.05, 0) is 41.5 Å². The van der Waals surface area contributed by atoms with Crippen molar-refractivity contribution < 1.29 is 4.74 Å². The summed E-state index contributed by atoms with van der Waals surface area (Å²) in [7, 11) is 1.75. The third-order valence-electron chi connectivity index (χ3n) is 3.78. The predicted molar refractivity (Wildman–Crippen MR) is 76.2 cm³/mol. The first-order valence-corrected chi connectivity index (χ1v) is 6.83. The Labute approximate surface area is 111 Å². The molecule has 1 aromatic rings. The summed E-state index contributed by atoms with van der Waals surface area (Å²) in [5.41, 5.74) is 2.81. The highest BCUT2D eigenvalue weighted by Crippen LogP contribution is 2.35. The maximum atomic E-state index is 5.49. The number of methoxy groups -OCH3 is 1. The molecule has 0 aromatic heterocycles. The number of benzene rings is 1. The van der Waals surface area contributed by atoms with Gasteiger partial charge < -0.3 is 10.1 Å². The Morgan fingerprint density at radius 1 is 1.28 bits per heavy atom. The van der Waals surface area contributed by atoms with Crippen molar-refractivity contribution in [1.29, 1.82) is 0 Å². The molecule has 1 fully saturated rings. The van der Waals surface area contributed by atoms with Crippen LogP contribution in [0.1, 0.15) is 51.3 Å². The van der Waals surface area contributed by atoms with Crippen LogP contribution in [0, 0.1) is 5.92 Å². The standard InChI is InChI=1S/C16H25NO/c1-11-8-14(17-10-11)12-6-7-15(18-5)13(9-12)16(2,3)4/h6-7,9,11,14,17H,8,10H2,1-5H3/t11-,14+/m1/s1. The predicted octanol–water partition coefficient (Wildman–Crippen LogP) is 3.66. The van der Waals surface area contributed by atoms with Crippen molar-refractivity contribution in [2.75, 3.05) is 13.7 Å². The molecule has 0 unspecified atom stereocenters. The normalized spacial score (nSPS) is 24.3. The van der Waals surface area contributed by atoms with Gasteiger partial charge in [0.25, 0.3) is 0 Å². The van der Waals surface area contributed by atoms with Crippen LogP contribution >= 0.6 is 0 Å². The molecule has 1 aromatic carbocycles. The van der Waals surface area contributed by atoms with Gasteiger partial charge in [-0.25, -0.2) is 0 Å². The van der Waals surface area contributed by atoms with Gasteiger partial charge in [0, 0.05) is 6.04 Å². The quantitative estimate of drug-likeness (QED) is 0.861. The average molecular weight is 247 g/mol. The van der Waals surface area contributed by atoms with E-state index in [9.17, 15) is 0 Å². The number of rotatable bonds is 2. The lowest BCUT2D eigenvalue weighted by Crippen LogP contribution is -2.17. The van der Waals surface area contributed by atoms with Crippen molar-refractivity contribution in [3.05, 3.63) is 29.3 Å². The lowest BCUT2D eigenvalue weighted by Gasteiger charge is -2.24. The Kier molecular flexibility index (Phi) is 3.67. The maximum absolute atomic E-state index is 5.49. The third kappa shape index (κ3) is 2.69. The number of nitrogens with one attached hydrogen (secondary N) is 1. The fourth-order valence-corrected chi connectivity index (χ4v) is 2.69. The molecule has 2 nitrogen and oxygen atoms in total. The summed E-state index contributed by atoms with van der Waals surface area (Å²) < 4.78 is 5.49. The molecule has 18 heavy (non-hydrogen) atoms. The van der Waals surface area contributed by atoms with Crippen LogP contribution in [0.3, 0.4) is 0 Å². The zero-order valence-electron chi connectivity index (χ0n) is 12.2. The molecule has 2 rings (SSSR count). The summed E-state index contributed by atoms with van der Waals surface area (Å²) in [5.74, 6) is 1.77. The van der Waals surface area contributed by atoms with E-state index < -0.39 is 0 Å². The first kappa shape index (κ1) is 13.4. The molecule has 0 saturated carbocycles. The SMILES string of the molecule is COc1ccc([C@@H]2C[C@@H](C)CN2)cc1C(C)(C)C. The molecule has 1 aliphatic rings. The topological polar surface area (TPSA) is 21.3 Å². The molecular formula is C16H25NO.